The predicted octanol–water partition coefficient (Wildman–Crippen LogP) is 3.51. The lowest BCUT2D eigenvalue weighted by Gasteiger charge is -2.07. The maximum absolute atomic E-state index is 11.9. The van der Waals surface area contributed by atoms with Gasteiger partial charge in [-0.3, -0.25) is 9.59 Å². The van der Waals surface area contributed by atoms with E-state index in [0.717, 1.165) is 4.47 Å². The molecule has 18 heavy (non-hydrogen) atoms. The van der Waals surface area contributed by atoms with E-state index in [2.05, 4.69) is 21.2 Å². The molecule has 1 N–H and O–H groups in total. The zero-order chi connectivity index (χ0) is 13.0. The molecule has 90 valence electrons. The van der Waals surface area contributed by atoms with Crippen LogP contribution in [0.1, 0.15) is 20.7 Å². The third kappa shape index (κ3) is 2.84. The summed E-state index contributed by atoms with van der Waals surface area (Å²) < 4.78 is 0.794. The Hall–Kier alpha value is -1.94. The minimum absolute atomic E-state index is 0.235. The first kappa shape index (κ1) is 12.5. The summed E-state index contributed by atoms with van der Waals surface area (Å²) in [6.45, 7) is 0. The molecule has 0 saturated heterocycles. The zero-order valence-electron chi connectivity index (χ0n) is 9.39. The van der Waals surface area contributed by atoms with Crippen molar-refractivity contribution >= 4 is 33.8 Å². The summed E-state index contributed by atoms with van der Waals surface area (Å²) >= 11 is 3.28. The molecule has 0 aliphatic carbocycles. The molecule has 0 aromatic heterocycles. The van der Waals surface area contributed by atoms with Crippen molar-refractivity contribution in [1.29, 1.82) is 0 Å². The average molecular weight is 304 g/mol. The van der Waals surface area contributed by atoms with Crippen LogP contribution in [-0.4, -0.2) is 12.2 Å². The first-order valence-corrected chi connectivity index (χ1v) is 6.11. The molecule has 0 saturated carbocycles. The van der Waals surface area contributed by atoms with Gasteiger partial charge in [-0.25, -0.2) is 0 Å². The lowest BCUT2D eigenvalue weighted by atomic mass is 10.1. The van der Waals surface area contributed by atoms with Crippen LogP contribution >= 0.6 is 15.9 Å². The van der Waals surface area contributed by atoms with Crippen molar-refractivity contribution in [2.45, 2.75) is 0 Å². The van der Waals surface area contributed by atoms with E-state index in [1.807, 2.05) is 6.07 Å². The molecule has 0 fully saturated rings. The highest BCUT2D eigenvalue weighted by atomic mass is 79.9. The highest BCUT2D eigenvalue weighted by Gasteiger charge is 2.08. The Bertz CT molecular complexity index is 582. The number of hydrogen-bond donors (Lipinski definition) is 1. The number of hydrogen-bond acceptors (Lipinski definition) is 2. The molecule has 0 atom stereocenters. The summed E-state index contributed by atoms with van der Waals surface area (Å²) in [6.07, 6.45) is 0.714. The molecule has 0 heterocycles. The quantitative estimate of drug-likeness (QED) is 0.882. The van der Waals surface area contributed by atoms with E-state index in [9.17, 15) is 9.59 Å². The Morgan fingerprint density at radius 2 is 1.83 bits per heavy atom. The summed E-state index contributed by atoms with van der Waals surface area (Å²) in [7, 11) is 0. The van der Waals surface area contributed by atoms with Gasteiger partial charge in [0.2, 0.25) is 0 Å². The molecule has 1 amide bonds. The molecule has 0 bridgehead atoms. The standard InChI is InChI=1S/C14H10BrNO2/c15-12-6-7-13(11(8-12)9-17)16-14(18)10-4-2-1-3-5-10/h1-9H,(H,16,18). The lowest BCUT2D eigenvalue weighted by molar-refractivity contribution is 0.102. The Morgan fingerprint density at radius 3 is 2.50 bits per heavy atom. The predicted molar refractivity (Wildman–Crippen MR) is 73.9 cm³/mol. The van der Waals surface area contributed by atoms with E-state index in [1.165, 1.54) is 0 Å². The molecule has 0 aliphatic heterocycles. The fourth-order valence-electron chi connectivity index (χ4n) is 1.53. The number of halogens is 1. The highest BCUT2D eigenvalue weighted by Crippen LogP contribution is 2.20. The van der Waals surface area contributed by atoms with E-state index in [1.54, 1.807) is 42.5 Å². The first-order chi connectivity index (χ1) is 8.70. The summed E-state index contributed by atoms with van der Waals surface area (Å²) in [4.78, 5) is 22.9. The van der Waals surface area contributed by atoms with Crippen LogP contribution in [0.25, 0.3) is 0 Å². The maximum atomic E-state index is 11.9. The maximum Gasteiger partial charge on any atom is 0.255 e. The molecule has 0 unspecified atom stereocenters. The van der Waals surface area contributed by atoms with Crippen LogP contribution in [0, 0.1) is 0 Å². The third-order valence-electron chi connectivity index (χ3n) is 2.42. The molecular formula is C14H10BrNO2. The van der Waals surface area contributed by atoms with Crippen LogP contribution in [0.4, 0.5) is 5.69 Å². The second kappa shape index (κ2) is 5.60. The van der Waals surface area contributed by atoms with Gasteiger partial charge in [-0.05, 0) is 30.3 Å². The molecule has 0 radical (unpaired) electrons. The molecule has 4 heteroatoms. The average Bonchev–Trinajstić information content (AvgIpc) is 2.41. The minimum Gasteiger partial charge on any atom is -0.321 e. The van der Waals surface area contributed by atoms with Crippen molar-refractivity contribution in [2.24, 2.45) is 0 Å². The summed E-state index contributed by atoms with van der Waals surface area (Å²) in [5.41, 5.74) is 1.49. The molecular weight excluding hydrogens is 294 g/mol. The number of rotatable bonds is 3. The number of nitrogens with one attached hydrogen (secondary N) is 1. The largest absolute Gasteiger partial charge is 0.321 e. The Kier molecular flexibility index (Phi) is 3.89. The Labute approximate surface area is 113 Å². The number of anilines is 1. The van der Waals surface area contributed by atoms with Crippen molar-refractivity contribution in [3.63, 3.8) is 0 Å². The summed E-state index contributed by atoms with van der Waals surface area (Å²) in [5.74, 6) is -0.235. The van der Waals surface area contributed by atoms with E-state index < -0.39 is 0 Å². The fourth-order valence-corrected chi connectivity index (χ4v) is 1.91. The monoisotopic (exact) mass is 303 g/mol. The van der Waals surface area contributed by atoms with Crippen molar-refractivity contribution in [1.82, 2.24) is 0 Å². The van der Waals surface area contributed by atoms with Crippen molar-refractivity contribution in [2.75, 3.05) is 5.32 Å². The number of aldehydes is 1. The number of carbonyl (C=O) groups excluding carboxylic acids is 2. The van der Waals surface area contributed by atoms with Crippen molar-refractivity contribution in [3.05, 3.63) is 64.1 Å². The van der Waals surface area contributed by atoms with Crippen molar-refractivity contribution < 1.29 is 9.59 Å². The highest BCUT2D eigenvalue weighted by molar-refractivity contribution is 9.10. The van der Waals surface area contributed by atoms with E-state index in [0.29, 0.717) is 23.1 Å². The zero-order valence-corrected chi connectivity index (χ0v) is 11.0. The van der Waals surface area contributed by atoms with Crippen LogP contribution in [0.5, 0.6) is 0 Å². The van der Waals surface area contributed by atoms with E-state index >= 15 is 0 Å². The fraction of sp³-hybridized carbons (Fsp3) is 0. The van der Waals surface area contributed by atoms with E-state index in [4.69, 9.17) is 0 Å². The first-order valence-electron chi connectivity index (χ1n) is 5.32. The molecule has 3 nitrogen and oxygen atoms in total. The van der Waals surface area contributed by atoms with Crippen LogP contribution < -0.4 is 5.32 Å². The number of carbonyl (C=O) groups is 2. The molecule has 0 aliphatic rings. The van der Waals surface area contributed by atoms with Gasteiger partial charge < -0.3 is 5.32 Å². The van der Waals surface area contributed by atoms with Crippen LogP contribution in [0.3, 0.4) is 0 Å². The number of benzene rings is 2. The smallest absolute Gasteiger partial charge is 0.255 e. The van der Waals surface area contributed by atoms with Gasteiger partial charge in [-0.15, -0.1) is 0 Å². The van der Waals surface area contributed by atoms with Gasteiger partial charge in [0, 0.05) is 15.6 Å². The normalized spacial score (nSPS) is 9.83. The van der Waals surface area contributed by atoms with Gasteiger partial charge in [-0.2, -0.15) is 0 Å². The van der Waals surface area contributed by atoms with E-state index in [-0.39, 0.29) is 5.91 Å². The Balaban J connectivity index is 2.25. The Morgan fingerprint density at radius 1 is 1.11 bits per heavy atom. The number of amides is 1. The second-order valence-corrected chi connectivity index (χ2v) is 4.59. The second-order valence-electron chi connectivity index (χ2n) is 3.67. The van der Waals surface area contributed by atoms with Crippen molar-refractivity contribution in [3.8, 4) is 0 Å². The van der Waals surface area contributed by atoms with Gasteiger partial charge in [0.25, 0.3) is 5.91 Å². The van der Waals surface area contributed by atoms with Gasteiger partial charge >= 0.3 is 0 Å². The van der Waals surface area contributed by atoms with Gasteiger partial charge in [0.05, 0.1) is 5.69 Å². The third-order valence-corrected chi connectivity index (χ3v) is 2.92. The topological polar surface area (TPSA) is 46.2 Å². The van der Waals surface area contributed by atoms with Gasteiger partial charge in [-0.1, -0.05) is 34.1 Å². The molecule has 2 aromatic carbocycles. The SMILES string of the molecule is O=Cc1cc(Br)ccc1NC(=O)c1ccccc1. The van der Waals surface area contributed by atoms with Crippen LogP contribution in [0.2, 0.25) is 0 Å². The summed E-state index contributed by atoms with van der Waals surface area (Å²) in [5, 5.41) is 2.71. The molecule has 2 rings (SSSR count). The molecule has 0 spiro atoms. The van der Waals surface area contributed by atoms with Crippen LogP contribution in [-0.2, 0) is 0 Å². The van der Waals surface area contributed by atoms with Crippen LogP contribution in [0.15, 0.2) is 53.0 Å². The summed E-state index contributed by atoms with van der Waals surface area (Å²) in [6, 6.07) is 14.0. The lowest BCUT2D eigenvalue weighted by Crippen LogP contribution is -2.13. The minimum atomic E-state index is -0.235. The molecule has 2 aromatic rings. The van der Waals surface area contributed by atoms with Gasteiger partial charge in [0.1, 0.15) is 0 Å². The van der Waals surface area contributed by atoms with Gasteiger partial charge in [0.15, 0.2) is 6.29 Å².